The van der Waals surface area contributed by atoms with Gasteiger partial charge in [-0.1, -0.05) is 48.0 Å². The number of amides is 1. The van der Waals surface area contributed by atoms with E-state index in [2.05, 4.69) is 5.32 Å². The molecule has 2 aromatic carbocycles. The van der Waals surface area contributed by atoms with E-state index in [-0.39, 0.29) is 35.2 Å². The largest absolute Gasteiger partial charge is 0.457 e. The number of nitro benzene ring substituents is 1. The zero-order valence-electron chi connectivity index (χ0n) is 15.0. The zero-order valence-corrected chi connectivity index (χ0v) is 15.7. The summed E-state index contributed by atoms with van der Waals surface area (Å²) in [4.78, 5) is 35.4. The minimum atomic E-state index is -0.659. The van der Waals surface area contributed by atoms with Crippen molar-refractivity contribution in [2.75, 3.05) is 0 Å². The first-order valence-corrected chi connectivity index (χ1v) is 8.90. The maximum Gasteiger partial charge on any atom is 0.336 e. The molecule has 0 bridgehead atoms. The lowest BCUT2D eigenvalue weighted by Gasteiger charge is -2.26. The van der Waals surface area contributed by atoms with Crippen LogP contribution in [-0.2, 0) is 20.9 Å². The minimum absolute atomic E-state index is 0.0112. The molecule has 0 fully saturated rings. The maximum absolute atomic E-state index is 12.8. The minimum Gasteiger partial charge on any atom is -0.457 e. The number of allylic oxidation sites excluding steroid dienone is 1. The summed E-state index contributed by atoms with van der Waals surface area (Å²) >= 11 is 5.88. The Bertz CT molecular complexity index is 972. The topological polar surface area (TPSA) is 98.5 Å². The third-order valence-corrected chi connectivity index (χ3v) is 4.79. The van der Waals surface area contributed by atoms with Crippen LogP contribution in [0.25, 0.3) is 0 Å². The number of hydrogen-bond acceptors (Lipinski definition) is 5. The molecule has 1 N–H and O–H groups in total. The summed E-state index contributed by atoms with van der Waals surface area (Å²) in [6, 6.07) is 13.5. The number of rotatable bonds is 5. The first-order chi connectivity index (χ1) is 13.4. The molecule has 8 heteroatoms. The lowest BCUT2D eigenvalue weighted by molar-refractivity contribution is -0.384. The molecule has 0 aliphatic carbocycles. The van der Waals surface area contributed by atoms with Gasteiger partial charge < -0.3 is 10.1 Å². The van der Waals surface area contributed by atoms with Crippen LogP contribution in [0, 0.1) is 10.1 Å². The van der Waals surface area contributed by atoms with Crippen molar-refractivity contribution in [1.29, 1.82) is 0 Å². The molecule has 1 heterocycles. The van der Waals surface area contributed by atoms with E-state index in [1.54, 1.807) is 13.0 Å². The van der Waals surface area contributed by atoms with Gasteiger partial charge >= 0.3 is 5.97 Å². The molecule has 1 atom stereocenters. The van der Waals surface area contributed by atoms with Gasteiger partial charge in [0.2, 0.25) is 5.91 Å². The van der Waals surface area contributed by atoms with Gasteiger partial charge in [0.05, 0.1) is 10.5 Å². The number of nitrogens with one attached hydrogen (secondary N) is 1. The summed E-state index contributed by atoms with van der Waals surface area (Å²) in [5, 5.41) is 13.8. The lowest BCUT2D eigenvalue weighted by Crippen LogP contribution is -2.34. The van der Waals surface area contributed by atoms with E-state index in [1.807, 2.05) is 30.3 Å². The summed E-state index contributed by atoms with van der Waals surface area (Å²) in [5.74, 6) is -1.52. The summed E-state index contributed by atoms with van der Waals surface area (Å²) in [6.45, 7) is 1.69. The third kappa shape index (κ3) is 4.20. The van der Waals surface area contributed by atoms with E-state index in [9.17, 15) is 19.7 Å². The zero-order chi connectivity index (χ0) is 20.3. The molecule has 0 spiro atoms. The smallest absolute Gasteiger partial charge is 0.336 e. The van der Waals surface area contributed by atoms with Crippen molar-refractivity contribution < 1.29 is 19.2 Å². The standard InChI is InChI=1S/C20H17ClN2O5/c1-12-19(20(25)28-11-13-5-3-2-4-6-13)15(10-18(24)22-12)14-7-8-16(21)17(9-14)23(26)27/h2-9,15H,10-11H2,1H3,(H,22,24)/t15-/m1/s1. The predicted octanol–water partition coefficient (Wildman–Crippen LogP) is 3.87. The molecule has 2 aromatic rings. The van der Waals surface area contributed by atoms with Crippen LogP contribution in [0.5, 0.6) is 0 Å². The summed E-state index contributed by atoms with van der Waals surface area (Å²) in [7, 11) is 0. The molecule has 28 heavy (non-hydrogen) atoms. The molecule has 144 valence electrons. The predicted molar refractivity (Wildman–Crippen MR) is 103 cm³/mol. The highest BCUT2D eigenvalue weighted by molar-refractivity contribution is 6.32. The highest BCUT2D eigenvalue weighted by atomic mass is 35.5. The summed E-state index contributed by atoms with van der Waals surface area (Å²) in [6.07, 6.45) is -0.0219. The van der Waals surface area contributed by atoms with Gasteiger partial charge in [-0.25, -0.2) is 4.79 Å². The van der Waals surface area contributed by atoms with Crippen molar-refractivity contribution in [3.63, 3.8) is 0 Å². The van der Waals surface area contributed by atoms with Gasteiger partial charge in [0.1, 0.15) is 11.6 Å². The van der Waals surface area contributed by atoms with Crippen LogP contribution >= 0.6 is 11.6 Å². The van der Waals surface area contributed by atoms with E-state index >= 15 is 0 Å². The van der Waals surface area contributed by atoms with Crippen LogP contribution in [0.2, 0.25) is 5.02 Å². The molecule has 0 aromatic heterocycles. The summed E-state index contributed by atoms with van der Waals surface area (Å²) < 4.78 is 5.42. The van der Waals surface area contributed by atoms with Crippen molar-refractivity contribution >= 4 is 29.2 Å². The number of nitro groups is 1. The van der Waals surface area contributed by atoms with Gasteiger partial charge in [0.15, 0.2) is 0 Å². The highest BCUT2D eigenvalue weighted by Crippen LogP contribution is 2.37. The van der Waals surface area contributed by atoms with Crippen LogP contribution < -0.4 is 5.32 Å². The second kappa shape index (κ2) is 8.22. The fraction of sp³-hybridized carbons (Fsp3) is 0.200. The van der Waals surface area contributed by atoms with E-state index in [4.69, 9.17) is 16.3 Å². The van der Waals surface area contributed by atoms with Crippen molar-refractivity contribution in [1.82, 2.24) is 5.32 Å². The van der Waals surface area contributed by atoms with Gasteiger partial charge in [-0.05, 0) is 24.1 Å². The molecule has 1 aliphatic rings. The Kier molecular flexibility index (Phi) is 5.75. The number of esters is 1. The molecular weight excluding hydrogens is 384 g/mol. The van der Waals surface area contributed by atoms with Crippen molar-refractivity contribution in [2.24, 2.45) is 0 Å². The molecule has 0 saturated carbocycles. The average molecular weight is 401 g/mol. The Hall–Kier alpha value is -3.19. The van der Waals surface area contributed by atoms with Crippen LogP contribution in [0.3, 0.4) is 0 Å². The number of ether oxygens (including phenoxy) is 1. The first kappa shape index (κ1) is 19.6. The van der Waals surface area contributed by atoms with Crippen molar-refractivity contribution in [2.45, 2.75) is 25.9 Å². The second-order valence-corrected chi connectivity index (χ2v) is 6.78. The van der Waals surface area contributed by atoms with E-state index in [0.717, 1.165) is 5.56 Å². The second-order valence-electron chi connectivity index (χ2n) is 6.37. The van der Waals surface area contributed by atoms with Crippen LogP contribution in [0.15, 0.2) is 59.8 Å². The lowest BCUT2D eigenvalue weighted by atomic mass is 9.84. The Balaban J connectivity index is 1.91. The normalized spacial score (nSPS) is 16.5. The molecule has 7 nitrogen and oxygen atoms in total. The highest BCUT2D eigenvalue weighted by Gasteiger charge is 2.33. The van der Waals surface area contributed by atoms with E-state index < -0.39 is 16.8 Å². The SMILES string of the molecule is CC1=C(C(=O)OCc2ccccc2)[C@@H](c2ccc(Cl)c([N+](=O)[O-])c2)CC(=O)N1. The number of halogens is 1. The molecule has 1 aliphatic heterocycles. The molecule has 3 rings (SSSR count). The van der Waals surface area contributed by atoms with Gasteiger partial charge in [0, 0.05) is 24.1 Å². The van der Waals surface area contributed by atoms with Gasteiger partial charge in [0.25, 0.3) is 5.69 Å². The van der Waals surface area contributed by atoms with Gasteiger partial charge in [-0.2, -0.15) is 0 Å². The number of carbonyl (C=O) groups is 2. The molecule has 1 amide bonds. The van der Waals surface area contributed by atoms with Crippen LogP contribution in [0.1, 0.15) is 30.4 Å². The van der Waals surface area contributed by atoms with Crippen LogP contribution in [0.4, 0.5) is 5.69 Å². The maximum atomic E-state index is 12.8. The third-order valence-electron chi connectivity index (χ3n) is 4.47. The van der Waals surface area contributed by atoms with Crippen molar-refractivity contribution in [3.8, 4) is 0 Å². The number of nitrogens with zero attached hydrogens (tertiary/aromatic N) is 1. The first-order valence-electron chi connectivity index (χ1n) is 8.52. The average Bonchev–Trinajstić information content (AvgIpc) is 2.66. The molecule has 0 saturated heterocycles. The molecular formula is C20H17ClN2O5. The Morgan fingerprint density at radius 3 is 2.68 bits per heavy atom. The Labute approximate surface area is 166 Å². The van der Waals surface area contributed by atoms with Crippen LogP contribution in [-0.4, -0.2) is 16.8 Å². The van der Waals surface area contributed by atoms with E-state index in [1.165, 1.54) is 12.1 Å². The molecule has 0 radical (unpaired) electrons. The van der Waals surface area contributed by atoms with E-state index in [0.29, 0.717) is 11.3 Å². The summed E-state index contributed by atoms with van der Waals surface area (Å²) in [5.41, 5.74) is 1.65. The quantitative estimate of drug-likeness (QED) is 0.466. The fourth-order valence-electron chi connectivity index (χ4n) is 3.14. The Morgan fingerprint density at radius 1 is 1.29 bits per heavy atom. The van der Waals surface area contributed by atoms with Gasteiger partial charge in [-0.3, -0.25) is 14.9 Å². The fourth-order valence-corrected chi connectivity index (χ4v) is 3.33. The van der Waals surface area contributed by atoms with Crippen molar-refractivity contribution in [3.05, 3.63) is 86.1 Å². The number of hydrogen-bond donors (Lipinski definition) is 1. The molecule has 0 unspecified atom stereocenters. The number of benzene rings is 2. The Morgan fingerprint density at radius 2 is 2.00 bits per heavy atom. The monoisotopic (exact) mass is 400 g/mol. The van der Waals surface area contributed by atoms with Gasteiger partial charge in [-0.15, -0.1) is 0 Å². The number of carbonyl (C=O) groups excluding carboxylic acids is 2.